The van der Waals surface area contributed by atoms with Crippen LogP contribution < -0.4 is 0 Å². The average molecular weight is 222 g/mol. The minimum Gasteiger partial charge on any atom is -0.115 e. The highest BCUT2D eigenvalue weighted by Crippen LogP contribution is 2.10. The van der Waals surface area contributed by atoms with E-state index in [0.717, 1.165) is 0 Å². The monoisotopic (exact) mass is 222 g/mol. The lowest BCUT2D eigenvalue weighted by atomic mass is 10.3. The Morgan fingerprint density at radius 2 is 2.38 bits per heavy atom. The predicted octanol–water partition coefficient (Wildman–Crippen LogP) is 3.28. The quantitative estimate of drug-likeness (QED) is 0.496. The lowest BCUT2D eigenvalue weighted by Crippen LogP contribution is -1.64. The molecule has 0 heterocycles. The summed E-state index contributed by atoms with van der Waals surface area (Å²) in [5.41, 5.74) is 3.12. The Balaban J connectivity index is 3.62. The molecule has 0 aliphatic rings. The minimum atomic E-state index is 1.17. The summed E-state index contributed by atoms with van der Waals surface area (Å²) in [5, 5.41) is 0. The molecule has 0 aromatic heterocycles. The average Bonchev–Trinajstić information content (AvgIpc) is 1.68. The van der Waals surface area contributed by atoms with E-state index >= 15 is 0 Å². The molecule has 0 rings (SSSR count). The molecule has 0 aliphatic heterocycles. The van der Waals surface area contributed by atoms with Crippen LogP contribution in [0.2, 0.25) is 0 Å². The fourth-order valence-electron chi connectivity index (χ4n) is 0.448. The topological polar surface area (TPSA) is 0 Å². The first-order valence-electron chi connectivity index (χ1n) is 2.87. The van der Waals surface area contributed by atoms with Crippen LogP contribution in [0, 0.1) is 0 Å². The first-order chi connectivity index (χ1) is 3.81. The van der Waals surface area contributed by atoms with E-state index in [1.165, 1.54) is 16.4 Å². The summed E-state index contributed by atoms with van der Waals surface area (Å²) < 4.78 is 1.33. The van der Waals surface area contributed by atoms with Gasteiger partial charge in [0.25, 0.3) is 0 Å². The van der Waals surface area contributed by atoms with Gasteiger partial charge in [0.1, 0.15) is 0 Å². The smallest absolute Gasteiger partial charge is 0.0320 e. The van der Waals surface area contributed by atoms with Crippen molar-refractivity contribution in [3.8, 4) is 0 Å². The molecule has 0 bridgehead atoms. The summed E-state index contributed by atoms with van der Waals surface area (Å²) in [6, 6.07) is 0. The van der Waals surface area contributed by atoms with Crippen LogP contribution in [0.5, 0.6) is 0 Å². The third kappa shape index (κ3) is 4.41. The maximum atomic E-state index is 3.12. The van der Waals surface area contributed by atoms with Crippen molar-refractivity contribution >= 4 is 22.6 Å². The Morgan fingerprint density at radius 1 is 1.75 bits per heavy atom. The third-order valence-electron chi connectivity index (χ3n) is 0.770. The lowest BCUT2D eigenvalue weighted by Gasteiger charge is -1.85. The fraction of sp³-hybridized carbons (Fsp3) is 0.571. The molecule has 8 heavy (non-hydrogen) atoms. The molecule has 0 aromatic rings. The van der Waals surface area contributed by atoms with Crippen molar-refractivity contribution in [3.63, 3.8) is 0 Å². The molecule has 0 radical (unpaired) electrons. The van der Waals surface area contributed by atoms with E-state index in [2.05, 4.69) is 35.2 Å². The summed E-state index contributed by atoms with van der Waals surface area (Å²) in [7, 11) is 0. The summed E-state index contributed by atoms with van der Waals surface area (Å²) in [6.45, 7) is 4.17. The number of hydrogen-bond acceptors (Lipinski definition) is 0. The summed E-state index contributed by atoms with van der Waals surface area (Å²) in [6.07, 6.45) is 4.35. The second-order valence-corrected chi connectivity index (χ2v) is 2.89. The van der Waals surface area contributed by atoms with Crippen LogP contribution in [0.4, 0.5) is 0 Å². The highest BCUT2D eigenvalue weighted by Gasteiger charge is 1.82. The first-order valence-corrected chi connectivity index (χ1v) is 3.94. The van der Waals surface area contributed by atoms with Gasteiger partial charge >= 0.3 is 0 Å². The van der Waals surface area contributed by atoms with Gasteiger partial charge in [0.2, 0.25) is 0 Å². The Labute approximate surface area is 64.8 Å². The van der Waals surface area contributed by atoms with Gasteiger partial charge in [-0.15, -0.1) is 5.73 Å². The highest BCUT2D eigenvalue weighted by molar-refractivity contribution is 14.1. The molecule has 0 N–H and O–H groups in total. The van der Waals surface area contributed by atoms with E-state index in [0.29, 0.717) is 0 Å². The van der Waals surface area contributed by atoms with Crippen LogP contribution in [-0.2, 0) is 0 Å². The molecule has 0 amide bonds. The molecular formula is C7H11I. The lowest BCUT2D eigenvalue weighted by molar-refractivity contribution is 0.955. The van der Waals surface area contributed by atoms with Crippen molar-refractivity contribution in [1.29, 1.82) is 0 Å². The molecule has 0 aliphatic carbocycles. The molecule has 0 aromatic carbocycles. The van der Waals surface area contributed by atoms with Crippen LogP contribution in [0.3, 0.4) is 0 Å². The van der Waals surface area contributed by atoms with Gasteiger partial charge in [-0.2, -0.15) is 0 Å². The van der Waals surface area contributed by atoms with Crippen molar-refractivity contribution < 1.29 is 0 Å². The Kier molecular flexibility index (Phi) is 5.56. The van der Waals surface area contributed by atoms with Gasteiger partial charge in [-0.05, 0) is 42.0 Å². The van der Waals surface area contributed by atoms with Crippen molar-refractivity contribution in [3.05, 3.63) is 15.4 Å². The Hall–Kier alpha value is 0.250. The van der Waals surface area contributed by atoms with Gasteiger partial charge in [-0.3, -0.25) is 0 Å². The standard InChI is InChI=1S/C7H11I/c1-3-5-7(8)6-4-2/h3H,4,6H2,1-2H3. The Bertz CT molecular complexity index is 108. The second-order valence-electron chi connectivity index (χ2n) is 1.59. The van der Waals surface area contributed by atoms with Crippen molar-refractivity contribution in [2.75, 3.05) is 0 Å². The first kappa shape index (κ1) is 8.25. The van der Waals surface area contributed by atoms with E-state index in [-0.39, 0.29) is 0 Å². The van der Waals surface area contributed by atoms with Gasteiger partial charge in [0, 0.05) is 3.58 Å². The number of halogens is 1. The summed E-state index contributed by atoms with van der Waals surface area (Å²) in [5.74, 6) is 0. The molecule has 0 spiro atoms. The zero-order valence-electron chi connectivity index (χ0n) is 5.37. The molecule has 0 nitrogen and oxygen atoms in total. The summed E-state index contributed by atoms with van der Waals surface area (Å²) in [4.78, 5) is 0. The van der Waals surface area contributed by atoms with Crippen LogP contribution in [-0.4, -0.2) is 0 Å². The number of allylic oxidation sites excluding steroid dienone is 1. The van der Waals surface area contributed by atoms with Crippen LogP contribution in [0.15, 0.2) is 15.4 Å². The zero-order chi connectivity index (χ0) is 6.41. The van der Waals surface area contributed by atoms with Gasteiger partial charge in [-0.25, -0.2) is 0 Å². The maximum absolute atomic E-state index is 3.12. The van der Waals surface area contributed by atoms with Gasteiger partial charge in [0.05, 0.1) is 0 Å². The second kappa shape index (κ2) is 5.39. The predicted molar refractivity (Wildman–Crippen MR) is 46.2 cm³/mol. The molecule has 46 valence electrons. The molecule has 0 saturated carbocycles. The zero-order valence-corrected chi connectivity index (χ0v) is 7.53. The number of rotatable bonds is 2. The normalized spacial score (nSPS) is 7.88. The fourth-order valence-corrected chi connectivity index (χ4v) is 1.30. The van der Waals surface area contributed by atoms with Gasteiger partial charge in [-0.1, -0.05) is 13.3 Å². The van der Waals surface area contributed by atoms with E-state index < -0.39 is 0 Å². The molecule has 1 heteroatoms. The Morgan fingerprint density at radius 3 is 2.75 bits per heavy atom. The maximum Gasteiger partial charge on any atom is 0.0320 e. The largest absolute Gasteiger partial charge is 0.115 e. The summed E-state index contributed by atoms with van der Waals surface area (Å²) >= 11 is 2.32. The molecule has 0 fully saturated rings. The van der Waals surface area contributed by atoms with Crippen molar-refractivity contribution in [2.45, 2.75) is 26.7 Å². The minimum absolute atomic E-state index is 1.17. The van der Waals surface area contributed by atoms with Crippen LogP contribution in [0.1, 0.15) is 26.7 Å². The number of hydrogen-bond donors (Lipinski definition) is 0. The van der Waals surface area contributed by atoms with E-state index in [1.807, 2.05) is 13.0 Å². The van der Waals surface area contributed by atoms with Crippen molar-refractivity contribution in [1.82, 2.24) is 0 Å². The van der Waals surface area contributed by atoms with E-state index in [9.17, 15) is 0 Å². The SMILES string of the molecule is CC=C=C(I)CCC. The molecule has 0 unspecified atom stereocenters. The van der Waals surface area contributed by atoms with E-state index in [1.54, 1.807) is 0 Å². The third-order valence-corrected chi connectivity index (χ3v) is 1.62. The van der Waals surface area contributed by atoms with Crippen LogP contribution in [0.25, 0.3) is 0 Å². The van der Waals surface area contributed by atoms with Gasteiger partial charge in [0.15, 0.2) is 0 Å². The van der Waals surface area contributed by atoms with Gasteiger partial charge < -0.3 is 0 Å². The molecule has 0 saturated heterocycles. The van der Waals surface area contributed by atoms with E-state index in [4.69, 9.17) is 0 Å². The van der Waals surface area contributed by atoms with Crippen LogP contribution >= 0.6 is 22.6 Å². The van der Waals surface area contributed by atoms with Crippen molar-refractivity contribution in [2.24, 2.45) is 0 Å². The molecule has 0 atom stereocenters. The highest BCUT2D eigenvalue weighted by atomic mass is 127. The molecular weight excluding hydrogens is 211 g/mol.